The lowest BCUT2D eigenvalue weighted by Gasteiger charge is -2.36. The van der Waals surface area contributed by atoms with Gasteiger partial charge in [0.2, 0.25) is 0 Å². The molecule has 0 aromatic carbocycles. The number of carbonyl (C=O) groups is 2. The van der Waals surface area contributed by atoms with Crippen LogP contribution in [0.3, 0.4) is 0 Å². The summed E-state index contributed by atoms with van der Waals surface area (Å²) in [5, 5.41) is 0. The molecule has 2 aliphatic heterocycles. The second-order valence-corrected chi connectivity index (χ2v) is 16.5. The van der Waals surface area contributed by atoms with Gasteiger partial charge in [-0.2, -0.15) is 0 Å². The summed E-state index contributed by atoms with van der Waals surface area (Å²) in [4.78, 5) is 35.5. The summed E-state index contributed by atoms with van der Waals surface area (Å²) in [7, 11) is -1.24. The van der Waals surface area contributed by atoms with Gasteiger partial charge in [0, 0.05) is 34.3 Å². The molecule has 0 N–H and O–H groups in total. The number of carbonyl (C=O) groups excluding carboxylic acids is 2. The summed E-state index contributed by atoms with van der Waals surface area (Å²) >= 11 is 0. The third kappa shape index (κ3) is 6.15. The summed E-state index contributed by atoms with van der Waals surface area (Å²) in [5.41, 5.74) is 1.50. The van der Waals surface area contributed by atoms with Crippen LogP contribution in [0.5, 0.6) is 0 Å². The molecule has 2 amide bonds. The van der Waals surface area contributed by atoms with E-state index in [0.29, 0.717) is 39.3 Å². The summed E-state index contributed by atoms with van der Waals surface area (Å²) in [6, 6.07) is 5.00. The van der Waals surface area contributed by atoms with E-state index in [9.17, 15) is 9.59 Å². The van der Waals surface area contributed by atoms with Crippen LogP contribution in [0.15, 0.2) is 12.1 Å². The Morgan fingerprint density at radius 3 is 2.34 bits per heavy atom. The normalized spacial score (nSPS) is 19.1. The smallest absolute Gasteiger partial charge is 0.410 e. The number of rotatable bonds is 4. The van der Waals surface area contributed by atoms with Gasteiger partial charge in [0.1, 0.15) is 11.4 Å². The molecular formula is C23H38N4O4Si. The van der Waals surface area contributed by atoms with Crippen LogP contribution in [0, 0.1) is 0 Å². The number of amides is 2. The summed E-state index contributed by atoms with van der Waals surface area (Å²) in [5.74, 6) is 0.883. The quantitative estimate of drug-likeness (QED) is 0.614. The Morgan fingerprint density at radius 1 is 1.09 bits per heavy atom. The number of hydrogen-bond donors (Lipinski definition) is 0. The molecule has 0 spiro atoms. The molecule has 1 atom stereocenters. The average molecular weight is 463 g/mol. The fourth-order valence-corrected chi connectivity index (χ4v) is 4.56. The molecular weight excluding hydrogens is 424 g/mol. The Morgan fingerprint density at radius 2 is 1.75 bits per heavy atom. The minimum absolute atomic E-state index is 0.0463. The maximum atomic E-state index is 12.6. The largest absolute Gasteiger partial charge is 0.450 e. The summed E-state index contributed by atoms with van der Waals surface area (Å²) in [6.45, 7) is 18.0. The highest BCUT2D eigenvalue weighted by molar-refractivity contribution is 6.76. The predicted molar refractivity (Wildman–Crippen MR) is 128 cm³/mol. The first-order chi connectivity index (χ1) is 14.8. The standard InChI is InChI=1S/C23H38N4O4Si/c1-17-18-8-9-20(25-10-12-26(13-11-25)21(28)31-23(2,3)4)24-19(18)16-27(17)22(29)30-14-15-32(5,6)7/h8-9,17H,10-16H2,1-7H3. The van der Waals surface area contributed by atoms with E-state index in [2.05, 4.69) is 30.6 Å². The lowest BCUT2D eigenvalue weighted by atomic mass is 10.1. The van der Waals surface area contributed by atoms with Crippen molar-refractivity contribution in [2.75, 3.05) is 37.7 Å². The second kappa shape index (κ2) is 9.29. The zero-order valence-corrected chi connectivity index (χ0v) is 21.6. The van der Waals surface area contributed by atoms with Crippen LogP contribution in [0.25, 0.3) is 0 Å². The lowest BCUT2D eigenvalue weighted by Crippen LogP contribution is -2.50. The number of anilines is 1. The monoisotopic (exact) mass is 462 g/mol. The Balaban J connectivity index is 1.57. The highest BCUT2D eigenvalue weighted by Crippen LogP contribution is 2.34. The topological polar surface area (TPSA) is 75.2 Å². The molecule has 178 valence electrons. The van der Waals surface area contributed by atoms with Crippen molar-refractivity contribution in [3.63, 3.8) is 0 Å². The second-order valence-electron chi connectivity index (χ2n) is 10.9. The lowest BCUT2D eigenvalue weighted by molar-refractivity contribution is 0.0240. The first-order valence-electron chi connectivity index (χ1n) is 11.5. The van der Waals surface area contributed by atoms with E-state index >= 15 is 0 Å². The molecule has 2 aliphatic rings. The van der Waals surface area contributed by atoms with Crippen LogP contribution in [-0.2, 0) is 16.0 Å². The minimum atomic E-state index is -1.24. The van der Waals surface area contributed by atoms with Crippen LogP contribution in [0.2, 0.25) is 25.7 Å². The van der Waals surface area contributed by atoms with Crippen LogP contribution in [-0.4, -0.2) is 73.4 Å². The van der Waals surface area contributed by atoms with Crippen molar-refractivity contribution in [1.29, 1.82) is 0 Å². The molecule has 0 bridgehead atoms. The molecule has 3 rings (SSSR count). The number of fused-ring (bicyclic) bond motifs is 1. The van der Waals surface area contributed by atoms with Gasteiger partial charge in [0.05, 0.1) is 24.9 Å². The van der Waals surface area contributed by atoms with Crippen molar-refractivity contribution >= 4 is 26.1 Å². The molecule has 1 fully saturated rings. The van der Waals surface area contributed by atoms with E-state index in [1.54, 1.807) is 9.80 Å². The minimum Gasteiger partial charge on any atom is -0.450 e. The maximum absolute atomic E-state index is 12.6. The molecule has 3 heterocycles. The van der Waals surface area contributed by atoms with E-state index in [1.165, 1.54) is 0 Å². The number of hydrogen-bond acceptors (Lipinski definition) is 6. The average Bonchev–Trinajstić information content (AvgIpc) is 3.02. The predicted octanol–water partition coefficient (Wildman–Crippen LogP) is 4.49. The van der Waals surface area contributed by atoms with Gasteiger partial charge in [0.15, 0.2) is 0 Å². The summed E-state index contributed by atoms with van der Waals surface area (Å²) in [6.07, 6.45) is -0.530. The molecule has 1 unspecified atom stereocenters. The van der Waals surface area contributed by atoms with Crippen LogP contribution >= 0.6 is 0 Å². The Kier molecular flexibility index (Phi) is 7.07. The van der Waals surface area contributed by atoms with Gasteiger partial charge in [-0.25, -0.2) is 14.6 Å². The van der Waals surface area contributed by atoms with Crippen LogP contribution < -0.4 is 4.90 Å². The first kappa shape index (κ1) is 24.4. The number of piperazine rings is 1. The molecule has 1 aromatic rings. The van der Waals surface area contributed by atoms with Gasteiger partial charge in [-0.1, -0.05) is 25.7 Å². The number of pyridine rings is 1. The fraction of sp³-hybridized carbons (Fsp3) is 0.696. The van der Waals surface area contributed by atoms with Gasteiger partial charge < -0.3 is 19.3 Å². The number of aromatic nitrogens is 1. The van der Waals surface area contributed by atoms with Crippen LogP contribution in [0.4, 0.5) is 15.4 Å². The van der Waals surface area contributed by atoms with Gasteiger partial charge >= 0.3 is 12.2 Å². The van der Waals surface area contributed by atoms with Crippen molar-refractivity contribution < 1.29 is 19.1 Å². The zero-order valence-electron chi connectivity index (χ0n) is 20.6. The number of ether oxygens (including phenoxy) is 2. The molecule has 1 saturated heterocycles. The van der Waals surface area contributed by atoms with Gasteiger partial charge in [-0.05, 0) is 45.4 Å². The molecule has 0 saturated carbocycles. The third-order valence-corrected chi connectivity index (χ3v) is 7.50. The van der Waals surface area contributed by atoms with Crippen molar-refractivity contribution in [2.45, 2.75) is 71.6 Å². The van der Waals surface area contributed by atoms with E-state index in [4.69, 9.17) is 14.5 Å². The Labute approximate surface area is 192 Å². The molecule has 8 nitrogen and oxygen atoms in total. The van der Waals surface area contributed by atoms with E-state index in [1.807, 2.05) is 33.8 Å². The molecule has 9 heteroatoms. The molecule has 32 heavy (non-hydrogen) atoms. The highest BCUT2D eigenvalue weighted by atomic mass is 28.3. The van der Waals surface area contributed by atoms with E-state index in [-0.39, 0.29) is 18.2 Å². The molecule has 0 radical (unpaired) electrons. The Bertz CT molecular complexity index is 841. The third-order valence-electron chi connectivity index (χ3n) is 5.80. The highest BCUT2D eigenvalue weighted by Gasteiger charge is 2.34. The van der Waals surface area contributed by atoms with E-state index < -0.39 is 13.7 Å². The molecule has 0 aliphatic carbocycles. The fourth-order valence-electron chi connectivity index (χ4n) is 3.84. The van der Waals surface area contributed by atoms with Gasteiger partial charge in [0.25, 0.3) is 0 Å². The number of nitrogens with zero attached hydrogens (tertiary/aromatic N) is 4. The molecule has 1 aromatic heterocycles. The Hall–Kier alpha value is -2.29. The van der Waals surface area contributed by atoms with Crippen LogP contribution in [0.1, 0.15) is 45.0 Å². The maximum Gasteiger partial charge on any atom is 0.410 e. The van der Waals surface area contributed by atoms with Crippen molar-refractivity contribution in [3.8, 4) is 0 Å². The SMILES string of the molecule is CC1c2ccc(N3CCN(C(=O)OC(C)(C)C)CC3)nc2CN1C(=O)OCC[Si](C)(C)C. The first-order valence-corrected chi connectivity index (χ1v) is 15.2. The zero-order chi connectivity index (χ0) is 23.7. The van der Waals surface area contributed by atoms with Crippen molar-refractivity contribution in [1.82, 2.24) is 14.8 Å². The summed E-state index contributed by atoms with van der Waals surface area (Å²) < 4.78 is 11.0. The van der Waals surface area contributed by atoms with E-state index in [0.717, 1.165) is 23.1 Å². The van der Waals surface area contributed by atoms with Gasteiger partial charge in [-0.15, -0.1) is 0 Å². The van der Waals surface area contributed by atoms with Crippen molar-refractivity contribution in [2.24, 2.45) is 0 Å². The van der Waals surface area contributed by atoms with Gasteiger partial charge in [-0.3, -0.25) is 4.90 Å². The van der Waals surface area contributed by atoms with Crippen molar-refractivity contribution in [3.05, 3.63) is 23.4 Å².